The molecule has 22 heavy (non-hydrogen) atoms. The number of nitrogens with zero attached hydrogens (tertiary/aromatic N) is 3. The van der Waals surface area contributed by atoms with E-state index < -0.39 is 12.2 Å². The molecule has 9 heteroatoms. The summed E-state index contributed by atoms with van der Waals surface area (Å²) >= 11 is 0. The molecule has 4 heterocycles. The van der Waals surface area contributed by atoms with E-state index in [4.69, 9.17) is 4.74 Å². The Morgan fingerprint density at radius 3 is 2.86 bits per heavy atom. The lowest BCUT2D eigenvalue weighted by atomic mass is 10.1. The van der Waals surface area contributed by atoms with E-state index in [1.165, 1.54) is 10.6 Å². The molecule has 120 valence electrons. The summed E-state index contributed by atoms with van der Waals surface area (Å²) in [5.74, 6) is 0.433. The molecule has 2 saturated heterocycles. The lowest BCUT2D eigenvalue weighted by molar-refractivity contribution is -0.145. The SMILES string of the molecule is O=c1cc(N2C[C@@H]3C[C@H]2CO3)nc2n1CCC(C(F)(F)F)N2. The summed E-state index contributed by atoms with van der Waals surface area (Å²) in [7, 11) is 0. The number of nitrogens with one attached hydrogen (secondary N) is 1. The topological polar surface area (TPSA) is 59.4 Å². The summed E-state index contributed by atoms with van der Waals surface area (Å²) in [5.41, 5.74) is -0.322. The molecule has 4 rings (SSSR count). The van der Waals surface area contributed by atoms with E-state index in [2.05, 4.69) is 10.3 Å². The zero-order valence-corrected chi connectivity index (χ0v) is 11.6. The third-order valence-electron chi connectivity index (χ3n) is 4.53. The van der Waals surface area contributed by atoms with Crippen molar-refractivity contribution >= 4 is 11.8 Å². The van der Waals surface area contributed by atoms with Gasteiger partial charge in [-0.25, -0.2) is 0 Å². The van der Waals surface area contributed by atoms with E-state index >= 15 is 0 Å². The fourth-order valence-electron chi connectivity index (χ4n) is 3.38. The van der Waals surface area contributed by atoms with Crippen LogP contribution in [0.5, 0.6) is 0 Å². The highest BCUT2D eigenvalue weighted by Gasteiger charge is 2.43. The van der Waals surface area contributed by atoms with Crippen molar-refractivity contribution < 1.29 is 17.9 Å². The van der Waals surface area contributed by atoms with Gasteiger partial charge in [-0.15, -0.1) is 0 Å². The molecule has 0 amide bonds. The molecule has 6 nitrogen and oxygen atoms in total. The number of hydrogen-bond acceptors (Lipinski definition) is 5. The highest BCUT2D eigenvalue weighted by atomic mass is 19.4. The Bertz CT molecular complexity index is 660. The summed E-state index contributed by atoms with van der Waals surface area (Å²) in [5, 5.41) is 2.35. The van der Waals surface area contributed by atoms with E-state index in [-0.39, 0.29) is 36.6 Å². The van der Waals surface area contributed by atoms with Gasteiger partial charge < -0.3 is 15.0 Å². The third kappa shape index (κ3) is 2.15. The van der Waals surface area contributed by atoms with Crippen molar-refractivity contribution in [2.45, 2.75) is 43.8 Å². The second-order valence-electron chi connectivity index (χ2n) is 5.95. The first-order valence-electron chi connectivity index (χ1n) is 7.25. The number of hydrogen-bond donors (Lipinski definition) is 1. The minimum Gasteiger partial charge on any atom is -0.374 e. The van der Waals surface area contributed by atoms with Gasteiger partial charge in [0.15, 0.2) is 0 Å². The maximum atomic E-state index is 12.9. The van der Waals surface area contributed by atoms with Crippen LogP contribution in [0.1, 0.15) is 12.8 Å². The predicted molar refractivity (Wildman–Crippen MR) is 72.1 cm³/mol. The predicted octanol–water partition coefficient (Wildman–Crippen LogP) is 0.967. The van der Waals surface area contributed by atoms with E-state index in [1.54, 1.807) is 0 Å². The van der Waals surface area contributed by atoms with E-state index in [9.17, 15) is 18.0 Å². The third-order valence-corrected chi connectivity index (χ3v) is 4.53. The molecule has 3 aliphatic heterocycles. The van der Waals surface area contributed by atoms with Crippen molar-refractivity contribution in [3.8, 4) is 0 Å². The first kappa shape index (κ1) is 13.9. The van der Waals surface area contributed by atoms with Gasteiger partial charge >= 0.3 is 6.18 Å². The molecule has 3 aliphatic rings. The summed E-state index contributed by atoms with van der Waals surface area (Å²) in [6, 6.07) is -0.102. The lowest BCUT2D eigenvalue weighted by Crippen LogP contribution is -2.45. The molecule has 0 saturated carbocycles. The van der Waals surface area contributed by atoms with Crippen LogP contribution in [0.2, 0.25) is 0 Å². The van der Waals surface area contributed by atoms with Crippen LogP contribution < -0.4 is 15.8 Å². The smallest absolute Gasteiger partial charge is 0.374 e. The van der Waals surface area contributed by atoms with Gasteiger partial charge in [-0.1, -0.05) is 0 Å². The van der Waals surface area contributed by atoms with Gasteiger partial charge in [0.2, 0.25) is 5.95 Å². The number of ether oxygens (including phenoxy) is 1. The molecule has 1 unspecified atom stereocenters. The Labute approximate surface area is 123 Å². The van der Waals surface area contributed by atoms with E-state index in [0.29, 0.717) is 19.0 Å². The van der Waals surface area contributed by atoms with Crippen LogP contribution in [0, 0.1) is 0 Å². The van der Waals surface area contributed by atoms with E-state index in [0.717, 1.165) is 6.42 Å². The fourth-order valence-corrected chi connectivity index (χ4v) is 3.38. The molecule has 0 aromatic carbocycles. The van der Waals surface area contributed by atoms with Crippen molar-refractivity contribution in [3.05, 3.63) is 16.4 Å². The second-order valence-corrected chi connectivity index (χ2v) is 5.95. The minimum absolute atomic E-state index is 0.000216. The monoisotopic (exact) mass is 316 g/mol. The van der Waals surface area contributed by atoms with Gasteiger partial charge in [-0.3, -0.25) is 9.36 Å². The molecular formula is C13H15F3N4O2. The van der Waals surface area contributed by atoms with Crippen LogP contribution >= 0.6 is 0 Å². The van der Waals surface area contributed by atoms with E-state index in [1.807, 2.05) is 4.90 Å². The number of alkyl halides is 3. The summed E-state index contributed by atoms with van der Waals surface area (Å²) < 4.78 is 45.3. The normalized spacial score (nSPS) is 30.3. The summed E-state index contributed by atoms with van der Waals surface area (Å²) in [6.45, 7) is 1.22. The molecule has 1 N–H and O–H groups in total. The molecule has 1 aromatic heterocycles. The molecule has 2 fully saturated rings. The zero-order chi connectivity index (χ0) is 15.5. The summed E-state index contributed by atoms with van der Waals surface area (Å²) in [6.07, 6.45) is -3.51. The Hall–Kier alpha value is -1.77. The maximum absolute atomic E-state index is 12.9. The van der Waals surface area contributed by atoms with Gasteiger partial charge in [0.05, 0.1) is 18.8 Å². The van der Waals surface area contributed by atoms with Crippen LogP contribution in [0.15, 0.2) is 10.9 Å². The quantitative estimate of drug-likeness (QED) is 0.836. The van der Waals surface area contributed by atoms with Gasteiger partial charge in [0, 0.05) is 19.2 Å². The average molecular weight is 316 g/mol. The number of halogens is 3. The Balaban J connectivity index is 1.67. The van der Waals surface area contributed by atoms with Crippen LogP contribution in [-0.2, 0) is 11.3 Å². The van der Waals surface area contributed by atoms with Gasteiger partial charge in [0.1, 0.15) is 11.9 Å². The van der Waals surface area contributed by atoms with Crippen LogP contribution in [0.4, 0.5) is 24.9 Å². The molecule has 0 spiro atoms. The molecule has 3 atom stereocenters. The average Bonchev–Trinajstić information content (AvgIpc) is 3.08. The van der Waals surface area contributed by atoms with Crippen LogP contribution in [-0.4, -0.2) is 47.1 Å². The number of rotatable bonds is 1. The van der Waals surface area contributed by atoms with Crippen LogP contribution in [0.3, 0.4) is 0 Å². The Kier molecular flexibility index (Phi) is 2.91. The fraction of sp³-hybridized carbons (Fsp3) is 0.692. The van der Waals surface area contributed by atoms with Crippen molar-refractivity contribution in [2.24, 2.45) is 0 Å². The van der Waals surface area contributed by atoms with Gasteiger partial charge in [0.25, 0.3) is 5.56 Å². The molecule has 0 aliphatic carbocycles. The number of anilines is 2. The highest BCUT2D eigenvalue weighted by Crippen LogP contribution is 2.33. The standard InChI is InChI=1S/C13H15F3N4O2/c14-13(15,16)9-1-2-19-11(21)4-10(18-12(19)17-9)20-5-8-3-7(20)6-22-8/h4,7-9H,1-3,5-6H2,(H,17,18)/t7-,8-,9?/m0/s1. The maximum Gasteiger partial charge on any atom is 0.408 e. The first-order chi connectivity index (χ1) is 10.4. The molecule has 2 bridgehead atoms. The van der Waals surface area contributed by atoms with Gasteiger partial charge in [-0.2, -0.15) is 18.2 Å². The molecule has 0 radical (unpaired) electrons. The van der Waals surface area contributed by atoms with Crippen molar-refractivity contribution in [1.82, 2.24) is 9.55 Å². The molecule has 1 aromatic rings. The largest absolute Gasteiger partial charge is 0.408 e. The zero-order valence-electron chi connectivity index (χ0n) is 11.6. The molecular weight excluding hydrogens is 301 g/mol. The second kappa shape index (κ2) is 4.61. The Morgan fingerprint density at radius 1 is 1.41 bits per heavy atom. The van der Waals surface area contributed by atoms with Crippen molar-refractivity contribution in [1.29, 1.82) is 0 Å². The number of aromatic nitrogens is 2. The first-order valence-corrected chi connectivity index (χ1v) is 7.25. The minimum atomic E-state index is -4.35. The Morgan fingerprint density at radius 2 is 2.23 bits per heavy atom. The summed E-state index contributed by atoms with van der Waals surface area (Å²) in [4.78, 5) is 18.4. The number of fused-ring (bicyclic) bond motifs is 3. The number of morpholine rings is 1. The van der Waals surface area contributed by atoms with Crippen molar-refractivity contribution in [2.75, 3.05) is 23.4 Å². The van der Waals surface area contributed by atoms with Gasteiger partial charge in [-0.05, 0) is 12.8 Å². The highest BCUT2D eigenvalue weighted by molar-refractivity contribution is 5.47. The lowest BCUT2D eigenvalue weighted by Gasteiger charge is -2.31. The van der Waals surface area contributed by atoms with Crippen LogP contribution in [0.25, 0.3) is 0 Å². The van der Waals surface area contributed by atoms with Crippen molar-refractivity contribution in [3.63, 3.8) is 0 Å².